The molecule has 3 aliphatic rings. The van der Waals surface area contributed by atoms with Crippen molar-refractivity contribution in [2.45, 2.75) is 62.7 Å². The second-order valence-corrected chi connectivity index (χ2v) is 7.55. The Morgan fingerprint density at radius 1 is 1.10 bits per heavy atom. The number of hydrogen-bond donors (Lipinski definition) is 1. The maximum absolute atomic E-state index is 6.34. The van der Waals surface area contributed by atoms with Gasteiger partial charge in [0, 0.05) is 43.3 Å². The Morgan fingerprint density at radius 2 is 1.75 bits per heavy atom. The number of rotatable bonds is 2. The third-order valence-corrected chi connectivity index (χ3v) is 6.25. The Labute approximate surface area is 124 Å². The SMILES string of the molecule is CC1CN(C)CCCN1C1(CN)CC2CCC(C1)N2C. The summed E-state index contributed by atoms with van der Waals surface area (Å²) >= 11 is 0. The van der Waals surface area contributed by atoms with Crippen molar-refractivity contribution in [2.24, 2.45) is 5.73 Å². The number of hydrogen-bond acceptors (Lipinski definition) is 4. The molecule has 0 spiro atoms. The molecule has 3 aliphatic heterocycles. The van der Waals surface area contributed by atoms with Crippen LogP contribution in [0.5, 0.6) is 0 Å². The van der Waals surface area contributed by atoms with Gasteiger partial charge in [-0.3, -0.25) is 4.90 Å². The van der Waals surface area contributed by atoms with Crippen LogP contribution in [0.2, 0.25) is 0 Å². The van der Waals surface area contributed by atoms with Gasteiger partial charge < -0.3 is 15.5 Å². The lowest BCUT2D eigenvalue weighted by Crippen LogP contribution is -2.64. The van der Waals surface area contributed by atoms with Gasteiger partial charge in [-0.1, -0.05) is 0 Å². The van der Waals surface area contributed by atoms with Crippen molar-refractivity contribution in [2.75, 3.05) is 40.3 Å². The number of nitrogens with zero attached hydrogens (tertiary/aromatic N) is 3. The normalized spacial score (nSPS) is 44.7. The highest BCUT2D eigenvalue weighted by Crippen LogP contribution is 2.43. The average molecular weight is 280 g/mol. The van der Waals surface area contributed by atoms with Crippen LogP contribution >= 0.6 is 0 Å². The van der Waals surface area contributed by atoms with E-state index in [1.165, 1.54) is 51.7 Å². The molecule has 0 aliphatic carbocycles. The quantitative estimate of drug-likeness (QED) is 0.817. The van der Waals surface area contributed by atoms with E-state index >= 15 is 0 Å². The first kappa shape index (κ1) is 14.8. The highest BCUT2D eigenvalue weighted by atomic mass is 15.3. The fourth-order valence-electron chi connectivity index (χ4n) is 5.14. The molecule has 0 radical (unpaired) electrons. The van der Waals surface area contributed by atoms with Crippen LogP contribution in [0, 0.1) is 0 Å². The second kappa shape index (κ2) is 5.56. The summed E-state index contributed by atoms with van der Waals surface area (Å²) in [4.78, 5) is 7.90. The van der Waals surface area contributed by atoms with Crippen LogP contribution in [0.15, 0.2) is 0 Å². The maximum atomic E-state index is 6.34. The van der Waals surface area contributed by atoms with E-state index in [1.807, 2.05) is 0 Å². The summed E-state index contributed by atoms with van der Waals surface area (Å²) < 4.78 is 0. The molecule has 4 nitrogen and oxygen atoms in total. The van der Waals surface area contributed by atoms with Gasteiger partial charge in [-0.05, 0) is 59.7 Å². The fourth-order valence-corrected chi connectivity index (χ4v) is 5.14. The van der Waals surface area contributed by atoms with Gasteiger partial charge in [0.1, 0.15) is 0 Å². The van der Waals surface area contributed by atoms with Crippen molar-refractivity contribution in [1.82, 2.24) is 14.7 Å². The van der Waals surface area contributed by atoms with E-state index in [-0.39, 0.29) is 5.54 Å². The fraction of sp³-hybridized carbons (Fsp3) is 1.00. The van der Waals surface area contributed by atoms with Crippen LogP contribution in [0.4, 0.5) is 0 Å². The lowest BCUT2D eigenvalue weighted by molar-refractivity contribution is -0.0185. The minimum atomic E-state index is 0.267. The molecule has 3 atom stereocenters. The zero-order valence-corrected chi connectivity index (χ0v) is 13.5. The first-order valence-electron chi connectivity index (χ1n) is 8.43. The minimum absolute atomic E-state index is 0.267. The first-order chi connectivity index (χ1) is 9.55. The molecule has 2 N–H and O–H groups in total. The molecular weight excluding hydrogens is 248 g/mol. The van der Waals surface area contributed by atoms with Crippen LogP contribution in [-0.2, 0) is 0 Å². The summed E-state index contributed by atoms with van der Waals surface area (Å²) in [5.74, 6) is 0. The molecule has 2 bridgehead atoms. The highest BCUT2D eigenvalue weighted by Gasteiger charge is 2.50. The van der Waals surface area contributed by atoms with Crippen molar-refractivity contribution in [3.8, 4) is 0 Å². The van der Waals surface area contributed by atoms with Crippen LogP contribution in [0.3, 0.4) is 0 Å². The zero-order valence-electron chi connectivity index (χ0n) is 13.5. The molecule has 3 heterocycles. The molecule has 3 fully saturated rings. The van der Waals surface area contributed by atoms with Gasteiger partial charge >= 0.3 is 0 Å². The zero-order chi connectivity index (χ0) is 14.3. The van der Waals surface area contributed by atoms with Gasteiger partial charge in [0.2, 0.25) is 0 Å². The van der Waals surface area contributed by atoms with Gasteiger partial charge in [-0.2, -0.15) is 0 Å². The van der Waals surface area contributed by atoms with E-state index in [4.69, 9.17) is 5.73 Å². The Kier molecular flexibility index (Phi) is 4.10. The maximum Gasteiger partial charge on any atom is 0.0364 e. The van der Waals surface area contributed by atoms with Gasteiger partial charge in [0.05, 0.1) is 0 Å². The molecule has 0 amide bonds. The first-order valence-corrected chi connectivity index (χ1v) is 8.43. The van der Waals surface area contributed by atoms with Crippen molar-refractivity contribution in [1.29, 1.82) is 0 Å². The summed E-state index contributed by atoms with van der Waals surface area (Å²) in [6.45, 7) is 6.88. The molecule has 4 heteroatoms. The monoisotopic (exact) mass is 280 g/mol. The molecule has 0 aromatic heterocycles. The van der Waals surface area contributed by atoms with Crippen molar-refractivity contribution >= 4 is 0 Å². The van der Waals surface area contributed by atoms with Crippen LogP contribution in [0.1, 0.15) is 39.0 Å². The molecule has 0 aromatic carbocycles. The third kappa shape index (κ3) is 2.41. The summed E-state index contributed by atoms with van der Waals surface area (Å²) in [6.07, 6.45) is 6.61. The summed E-state index contributed by atoms with van der Waals surface area (Å²) in [5.41, 5.74) is 6.61. The molecule has 3 unspecified atom stereocenters. The molecule has 116 valence electrons. The van der Waals surface area contributed by atoms with Gasteiger partial charge in [0.25, 0.3) is 0 Å². The van der Waals surface area contributed by atoms with E-state index < -0.39 is 0 Å². The second-order valence-electron chi connectivity index (χ2n) is 7.55. The molecule has 0 saturated carbocycles. The highest BCUT2D eigenvalue weighted by molar-refractivity contribution is 5.07. The smallest absolute Gasteiger partial charge is 0.0364 e. The predicted octanol–water partition coefficient (Wildman–Crippen LogP) is 0.967. The van der Waals surface area contributed by atoms with Crippen molar-refractivity contribution in [3.63, 3.8) is 0 Å². The average Bonchev–Trinajstić information content (AvgIpc) is 2.61. The van der Waals surface area contributed by atoms with Crippen LogP contribution in [-0.4, -0.2) is 78.6 Å². The molecule has 3 rings (SSSR count). The molecule has 3 saturated heterocycles. The molecular formula is C16H32N4. The van der Waals surface area contributed by atoms with E-state index in [9.17, 15) is 0 Å². The Balaban J connectivity index is 1.82. The van der Waals surface area contributed by atoms with Crippen molar-refractivity contribution in [3.05, 3.63) is 0 Å². The number of nitrogens with two attached hydrogens (primary N) is 1. The van der Waals surface area contributed by atoms with E-state index in [0.717, 1.165) is 18.6 Å². The lowest BCUT2D eigenvalue weighted by atomic mass is 9.80. The standard InChI is InChI=1S/C16H32N4/c1-13-11-18(2)7-4-8-20(13)16(12-17)9-14-5-6-15(10-16)19(14)3/h13-15H,4-12,17H2,1-3H3. The van der Waals surface area contributed by atoms with E-state index in [2.05, 4.69) is 35.7 Å². The predicted molar refractivity (Wildman–Crippen MR) is 83.9 cm³/mol. The summed E-state index contributed by atoms with van der Waals surface area (Å²) in [5, 5.41) is 0. The Morgan fingerprint density at radius 3 is 2.35 bits per heavy atom. The minimum Gasteiger partial charge on any atom is -0.329 e. The Bertz CT molecular complexity index is 331. The van der Waals surface area contributed by atoms with Gasteiger partial charge in [-0.15, -0.1) is 0 Å². The van der Waals surface area contributed by atoms with Gasteiger partial charge in [-0.25, -0.2) is 0 Å². The van der Waals surface area contributed by atoms with E-state index in [0.29, 0.717) is 6.04 Å². The Hall–Kier alpha value is -0.160. The van der Waals surface area contributed by atoms with Gasteiger partial charge in [0.15, 0.2) is 0 Å². The van der Waals surface area contributed by atoms with Crippen molar-refractivity contribution < 1.29 is 0 Å². The largest absolute Gasteiger partial charge is 0.329 e. The third-order valence-electron chi connectivity index (χ3n) is 6.25. The van der Waals surface area contributed by atoms with Crippen LogP contribution < -0.4 is 5.73 Å². The summed E-state index contributed by atoms with van der Waals surface area (Å²) in [6, 6.07) is 2.17. The van der Waals surface area contributed by atoms with Crippen LogP contribution in [0.25, 0.3) is 0 Å². The number of likely N-dealkylation sites (N-methyl/N-ethyl adjacent to an activating group) is 1. The lowest BCUT2D eigenvalue weighted by Gasteiger charge is -2.52. The molecule has 0 aromatic rings. The topological polar surface area (TPSA) is 35.7 Å². The summed E-state index contributed by atoms with van der Waals surface area (Å²) in [7, 11) is 4.58. The van der Waals surface area contributed by atoms with E-state index in [1.54, 1.807) is 0 Å². The number of piperidine rings is 1. The molecule has 20 heavy (non-hydrogen) atoms. The number of fused-ring (bicyclic) bond motifs is 2.